The molecule has 0 fully saturated rings. The summed E-state index contributed by atoms with van der Waals surface area (Å²) in [6.07, 6.45) is 0. The van der Waals surface area contributed by atoms with Crippen molar-refractivity contribution in [1.29, 1.82) is 0 Å². The van der Waals surface area contributed by atoms with Crippen LogP contribution in [-0.4, -0.2) is 83.6 Å². The second-order valence-corrected chi connectivity index (χ2v) is 0. The van der Waals surface area contributed by atoms with Crippen LogP contribution in [0.1, 0.15) is 0 Å². The van der Waals surface area contributed by atoms with Crippen LogP contribution in [0, 0.1) is 0 Å². The third-order valence-electron chi connectivity index (χ3n) is 0. The summed E-state index contributed by atoms with van der Waals surface area (Å²) < 4.78 is 0. The Morgan fingerprint density at radius 1 is 1.00 bits per heavy atom. The summed E-state index contributed by atoms with van der Waals surface area (Å²) in [5, 5.41) is 0. The molecule has 0 N–H and O–H groups in total. The van der Waals surface area contributed by atoms with Crippen molar-refractivity contribution in [2.45, 2.75) is 0 Å². The van der Waals surface area contributed by atoms with E-state index in [4.69, 9.17) is 0 Å². The van der Waals surface area contributed by atoms with Crippen LogP contribution in [0.25, 0.3) is 0 Å². The minimum absolute atomic E-state index is 0. The molecule has 0 aliphatic heterocycles. The molecule has 0 nitrogen and oxygen atoms in total. The van der Waals surface area contributed by atoms with E-state index < -0.39 is 0 Å². The van der Waals surface area contributed by atoms with Gasteiger partial charge >= 0.3 is 83.6 Å². The SMILES string of the molecule is [AsH3].[GeH4].[SbH3].[TeH2]. The van der Waals surface area contributed by atoms with Crippen molar-refractivity contribution in [2.75, 3.05) is 0 Å². The van der Waals surface area contributed by atoms with Crippen molar-refractivity contribution in [3.05, 3.63) is 0 Å². The summed E-state index contributed by atoms with van der Waals surface area (Å²) >= 11 is 0. The first-order valence-corrected chi connectivity index (χ1v) is 0. The molecule has 4 heavy (non-hydrogen) atoms. The molecule has 32 valence electrons. The fraction of sp³-hybridized carbons (Fsp3) is 0. The third-order valence-corrected chi connectivity index (χ3v) is 0. The molecule has 0 aliphatic rings. The predicted molar refractivity (Wildman–Crippen MR) is 39.8 cm³/mol. The van der Waals surface area contributed by atoms with E-state index in [2.05, 4.69) is 0 Å². The maximum atomic E-state index is 0. The van der Waals surface area contributed by atoms with E-state index in [1.165, 1.54) is 0 Å². The molecule has 0 spiro atoms. The second-order valence-electron chi connectivity index (χ2n) is 0. The Morgan fingerprint density at radius 2 is 1.00 bits per heavy atom. The van der Waals surface area contributed by atoms with Gasteiger partial charge in [0.1, 0.15) is 0 Å². The quantitative estimate of drug-likeness (QED) is 0.353. The molecule has 0 aromatic carbocycles. The van der Waals surface area contributed by atoms with Gasteiger partial charge in [-0.05, 0) is 0 Å². The molecule has 0 amide bonds. The van der Waals surface area contributed by atoms with E-state index in [-0.39, 0.29) is 83.6 Å². The van der Waals surface area contributed by atoms with Gasteiger partial charge in [-0.1, -0.05) is 0 Å². The fourth-order valence-corrected chi connectivity index (χ4v) is 0. The molecule has 0 aliphatic carbocycles. The Kier molecular flexibility index (Phi) is 128. The Balaban J connectivity index is 0. The predicted octanol–water partition coefficient (Wildman–Crippen LogP) is -4.74. The first kappa shape index (κ1) is 29.8. The van der Waals surface area contributed by atoms with E-state index in [0.29, 0.717) is 0 Å². The van der Waals surface area contributed by atoms with Gasteiger partial charge in [-0.3, -0.25) is 0 Å². The summed E-state index contributed by atoms with van der Waals surface area (Å²) in [4.78, 5) is 0. The number of rotatable bonds is 0. The zero-order chi connectivity index (χ0) is 0. The topological polar surface area (TPSA) is 0 Å². The van der Waals surface area contributed by atoms with Crippen LogP contribution in [-0.2, 0) is 0 Å². The monoisotopic (exact) mass is 412 g/mol. The normalized spacial score (nSPS) is 0. The van der Waals surface area contributed by atoms with Crippen molar-refractivity contribution < 1.29 is 0 Å². The molecule has 1 atom stereocenters. The molecule has 0 radical (unpaired) electrons. The number of hydrogen-bond donors (Lipinski definition) is 0. The van der Waals surface area contributed by atoms with E-state index >= 15 is 0 Å². The molecule has 0 saturated heterocycles. The Bertz CT molecular complexity index is 8.00. The van der Waals surface area contributed by atoms with Crippen LogP contribution in [0.4, 0.5) is 0 Å². The summed E-state index contributed by atoms with van der Waals surface area (Å²) in [5.74, 6) is 0. The van der Waals surface area contributed by atoms with Crippen molar-refractivity contribution in [2.24, 2.45) is 0 Å². The first-order chi connectivity index (χ1) is 0. The summed E-state index contributed by atoms with van der Waals surface area (Å²) in [5.41, 5.74) is 0. The molecule has 0 bridgehead atoms. The molecular formula is H12AsGeSbTe. The van der Waals surface area contributed by atoms with E-state index in [1.54, 1.807) is 0 Å². The average molecular weight is 409 g/mol. The Labute approximate surface area is 82.3 Å². The van der Waals surface area contributed by atoms with Crippen LogP contribution in [0.5, 0.6) is 0 Å². The van der Waals surface area contributed by atoms with Gasteiger partial charge in [-0.15, -0.1) is 0 Å². The van der Waals surface area contributed by atoms with Crippen LogP contribution < -0.4 is 0 Å². The van der Waals surface area contributed by atoms with E-state index in [0.717, 1.165) is 0 Å². The van der Waals surface area contributed by atoms with Gasteiger partial charge < -0.3 is 0 Å². The summed E-state index contributed by atoms with van der Waals surface area (Å²) in [6, 6.07) is 0. The van der Waals surface area contributed by atoms with Gasteiger partial charge in [0.15, 0.2) is 0 Å². The molecule has 0 saturated carbocycles. The summed E-state index contributed by atoms with van der Waals surface area (Å²) in [7, 11) is 0. The number of hydrogen-bond acceptors (Lipinski definition) is 0. The van der Waals surface area contributed by atoms with Crippen LogP contribution in [0.2, 0.25) is 0 Å². The van der Waals surface area contributed by atoms with Crippen LogP contribution in [0.3, 0.4) is 0 Å². The summed E-state index contributed by atoms with van der Waals surface area (Å²) in [6.45, 7) is 0. The van der Waals surface area contributed by atoms with Gasteiger partial charge in [-0.2, -0.15) is 0 Å². The van der Waals surface area contributed by atoms with E-state index in [1.807, 2.05) is 0 Å². The molecule has 1 unspecified atom stereocenters. The van der Waals surface area contributed by atoms with Gasteiger partial charge in [0.05, 0.1) is 0 Å². The van der Waals surface area contributed by atoms with Crippen molar-refractivity contribution >= 4 is 83.6 Å². The second kappa shape index (κ2) is 17.3. The van der Waals surface area contributed by atoms with Gasteiger partial charge in [0.2, 0.25) is 0 Å². The molecule has 0 aromatic heterocycles. The van der Waals surface area contributed by atoms with Crippen molar-refractivity contribution in [1.82, 2.24) is 0 Å². The molecule has 0 rings (SSSR count). The van der Waals surface area contributed by atoms with Crippen LogP contribution >= 0.6 is 0 Å². The van der Waals surface area contributed by atoms with Crippen molar-refractivity contribution in [3.8, 4) is 0 Å². The average Bonchev–Trinajstić information content (AvgIpc) is 0. The van der Waals surface area contributed by atoms with E-state index in [9.17, 15) is 0 Å². The maximum absolute atomic E-state index is 0. The van der Waals surface area contributed by atoms with Gasteiger partial charge in [-0.25, -0.2) is 0 Å². The molecule has 0 aromatic rings. The van der Waals surface area contributed by atoms with Crippen molar-refractivity contribution in [3.63, 3.8) is 0 Å². The molecule has 0 heterocycles. The molecular weight excluding hydrogens is 397 g/mol. The zero-order valence-corrected chi connectivity index (χ0v) is 11.8. The zero-order valence-electron chi connectivity index (χ0n) is 1.91. The van der Waals surface area contributed by atoms with Crippen LogP contribution in [0.15, 0.2) is 0 Å². The fourth-order valence-electron chi connectivity index (χ4n) is 0. The standard InChI is InChI=1S/AsH3.GeH4.Sb.H2Te.3H/h1H3;1H4;;1H2;;;. The van der Waals surface area contributed by atoms with Gasteiger partial charge in [0, 0.05) is 0 Å². The third kappa shape index (κ3) is 8.83. The first-order valence-electron chi connectivity index (χ1n) is 0. The Morgan fingerprint density at radius 3 is 1.00 bits per heavy atom. The Hall–Kier alpha value is 2.71. The molecule has 4 heteroatoms. The minimum atomic E-state index is 0. The van der Waals surface area contributed by atoms with Gasteiger partial charge in [0.25, 0.3) is 0 Å².